The van der Waals surface area contributed by atoms with Crippen molar-refractivity contribution in [3.63, 3.8) is 0 Å². The van der Waals surface area contributed by atoms with E-state index in [1.165, 1.54) is 0 Å². The minimum Gasteiger partial charge on any atom is -0.359 e. The summed E-state index contributed by atoms with van der Waals surface area (Å²) in [6.07, 6.45) is 2.81. The summed E-state index contributed by atoms with van der Waals surface area (Å²) in [6.45, 7) is 0.385. The molecule has 16 heavy (non-hydrogen) atoms. The van der Waals surface area contributed by atoms with Crippen LogP contribution in [0.3, 0.4) is 0 Å². The first kappa shape index (κ1) is 12.0. The Hall–Kier alpha value is -0.500. The van der Waals surface area contributed by atoms with Crippen molar-refractivity contribution in [1.82, 2.24) is 0 Å². The van der Waals surface area contributed by atoms with Crippen molar-refractivity contribution in [2.24, 2.45) is 0 Å². The van der Waals surface area contributed by atoms with Gasteiger partial charge in [0.05, 0.1) is 0 Å². The maximum Gasteiger partial charge on any atom is 0.146 e. The highest BCUT2D eigenvalue weighted by molar-refractivity contribution is 5.11. The lowest BCUT2D eigenvalue weighted by Gasteiger charge is -2.42. The minimum absolute atomic E-state index is 0.192. The van der Waals surface area contributed by atoms with Gasteiger partial charge in [0.25, 0.3) is 0 Å². The topological polar surface area (TPSA) is 55.4 Å². The summed E-state index contributed by atoms with van der Waals surface area (Å²) < 4.78 is 20.8. The van der Waals surface area contributed by atoms with Gasteiger partial charge in [0, 0.05) is 14.2 Å². The van der Waals surface area contributed by atoms with E-state index in [0.29, 0.717) is 0 Å². The van der Waals surface area contributed by atoms with Gasteiger partial charge in [-0.2, -0.15) is 0 Å². The Morgan fingerprint density at radius 1 is 0.875 bits per heavy atom. The molecule has 6 nitrogen and oxygen atoms in total. The van der Waals surface area contributed by atoms with Crippen LogP contribution in [0.5, 0.6) is 0 Å². The summed E-state index contributed by atoms with van der Waals surface area (Å²) in [5, 5.41) is 0. The number of fused-ring (bicyclic) bond motifs is 2. The van der Waals surface area contributed by atoms with Crippen LogP contribution in [-0.2, 0) is 28.7 Å². The smallest absolute Gasteiger partial charge is 0.146 e. The molecule has 2 aliphatic heterocycles. The Bertz CT molecular complexity index is 219. The lowest BCUT2D eigenvalue weighted by molar-refractivity contribution is -0.413. The van der Waals surface area contributed by atoms with Crippen molar-refractivity contribution < 1.29 is 28.7 Å². The SMILES string of the molecule is COCO[C@@H]1[C@H](OCOC)[C@@H]2C=C[C@H]1OO2. The molecule has 0 unspecified atom stereocenters. The van der Waals surface area contributed by atoms with E-state index < -0.39 is 0 Å². The summed E-state index contributed by atoms with van der Waals surface area (Å²) in [7, 11) is 3.14. The van der Waals surface area contributed by atoms with Crippen LogP contribution in [0, 0.1) is 0 Å². The van der Waals surface area contributed by atoms with Crippen molar-refractivity contribution in [3.05, 3.63) is 12.2 Å². The standard InChI is InChI=1S/C10H16O6/c1-11-5-13-9-7-3-4-8(16-15-7)10(9)14-6-12-2/h3-4,7-10H,5-6H2,1-2H3/t7-,8+,9+,10-. The first-order valence-corrected chi connectivity index (χ1v) is 5.08. The van der Waals surface area contributed by atoms with Gasteiger partial charge in [-0.25, -0.2) is 9.78 Å². The van der Waals surface area contributed by atoms with E-state index in [4.69, 9.17) is 28.7 Å². The fraction of sp³-hybridized carbons (Fsp3) is 0.800. The van der Waals surface area contributed by atoms with Crippen molar-refractivity contribution in [2.75, 3.05) is 27.8 Å². The lowest BCUT2D eigenvalue weighted by atomic mass is 9.95. The molecule has 0 radical (unpaired) electrons. The van der Waals surface area contributed by atoms with Crippen LogP contribution in [0.15, 0.2) is 12.2 Å². The maximum atomic E-state index is 5.52. The molecule has 4 atom stereocenters. The first-order chi connectivity index (χ1) is 7.86. The van der Waals surface area contributed by atoms with Gasteiger partial charge in [-0.1, -0.05) is 12.2 Å². The average Bonchev–Trinajstić information content (AvgIpc) is 2.35. The van der Waals surface area contributed by atoms with E-state index >= 15 is 0 Å². The zero-order chi connectivity index (χ0) is 11.4. The molecule has 1 saturated heterocycles. The highest BCUT2D eigenvalue weighted by Gasteiger charge is 2.45. The number of rotatable bonds is 6. The fourth-order valence-corrected chi connectivity index (χ4v) is 1.79. The molecule has 2 heterocycles. The highest BCUT2D eigenvalue weighted by atomic mass is 17.2. The predicted molar refractivity (Wildman–Crippen MR) is 52.4 cm³/mol. The quantitative estimate of drug-likeness (QED) is 0.371. The summed E-state index contributed by atoms with van der Waals surface area (Å²) >= 11 is 0. The summed E-state index contributed by atoms with van der Waals surface area (Å²) in [5.74, 6) is 0. The average molecular weight is 232 g/mol. The first-order valence-electron chi connectivity index (χ1n) is 5.08. The Morgan fingerprint density at radius 2 is 1.31 bits per heavy atom. The van der Waals surface area contributed by atoms with Crippen LogP contribution >= 0.6 is 0 Å². The van der Waals surface area contributed by atoms with Crippen LogP contribution in [0.4, 0.5) is 0 Å². The number of hydrogen-bond donors (Lipinski definition) is 0. The third-order valence-electron chi connectivity index (χ3n) is 2.50. The van der Waals surface area contributed by atoms with E-state index in [2.05, 4.69) is 0 Å². The Morgan fingerprint density at radius 3 is 1.62 bits per heavy atom. The molecule has 3 aliphatic rings. The van der Waals surface area contributed by atoms with Gasteiger partial charge >= 0.3 is 0 Å². The van der Waals surface area contributed by atoms with Crippen LogP contribution in [0.2, 0.25) is 0 Å². The van der Waals surface area contributed by atoms with E-state index in [-0.39, 0.29) is 38.0 Å². The third kappa shape index (κ3) is 2.42. The molecule has 0 aromatic carbocycles. The van der Waals surface area contributed by atoms with Gasteiger partial charge in [0.15, 0.2) is 0 Å². The largest absolute Gasteiger partial charge is 0.359 e. The number of methoxy groups -OCH3 is 2. The molecule has 0 aromatic heterocycles. The Labute approximate surface area is 93.9 Å². The van der Waals surface area contributed by atoms with Crippen molar-refractivity contribution in [1.29, 1.82) is 0 Å². The summed E-state index contributed by atoms with van der Waals surface area (Å²) in [6, 6.07) is 0. The molecule has 3 rings (SSSR count). The molecule has 0 amide bonds. The molecule has 0 aromatic rings. The number of hydrogen-bond acceptors (Lipinski definition) is 6. The Kier molecular flexibility index (Phi) is 4.28. The molecule has 6 heteroatoms. The molecular weight excluding hydrogens is 216 g/mol. The second kappa shape index (κ2) is 5.72. The van der Waals surface area contributed by atoms with Gasteiger partial charge in [-0.05, 0) is 0 Å². The van der Waals surface area contributed by atoms with Crippen LogP contribution in [0.25, 0.3) is 0 Å². The molecule has 92 valence electrons. The second-order valence-electron chi connectivity index (χ2n) is 3.58. The van der Waals surface area contributed by atoms with E-state index in [1.807, 2.05) is 12.2 Å². The summed E-state index contributed by atoms with van der Waals surface area (Å²) in [4.78, 5) is 10.2. The van der Waals surface area contributed by atoms with Crippen LogP contribution in [0.1, 0.15) is 0 Å². The van der Waals surface area contributed by atoms with Gasteiger partial charge in [0.1, 0.15) is 38.0 Å². The van der Waals surface area contributed by atoms with Gasteiger partial charge < -0.3 is 18.9 Å². The van der Waals surface area contributed by atoms with Gasteiger partial charge in [-0.15, -0.1) is 0 Å². The fourth-order valence-electron chi connectivity index (χ4n) is 1.79. The maximum absolute atomic E-state index is 5.52. The molecule has 0 saturated carbocycles. The van der Waals surface area contributed by atoms with Crippen molar-refractivity contribution >= 4 is 0 Å². The molecule has 2 bridgehead atoms. The van der Waals surface area contributed by atoms with Crippen molar-refractivity contribution in [2.45, 2.75) is 24.4 Å². The van der Waals surface area contributed by atoms with E-state index in [1.54, 1.807) is 14.2 Å². The van der Waals surface area contributed by atoms with Crippen LogP contribution in [-0.4, -0.2) is 52.2 Å². The third-order valence-corrected chi connectivity index (χ3v) is 2.50. The van der Waals surface area contributed by atoms with E-state index in [0.717, 1.165) is 0 Å². The van der Waals surface area contributed by atoms with Gasteiger partial charge in [0.2, 0.25) is 0 Å². The predicted octanol–water partition coefficient (Wildman–Crippen LogP) is 0.233. The molecule has 1 fully saturated rings. The molecule has 0 spiro atoms. The normalized spacial score (nSPS) is 36.9. The van der Waals surface area contributed by atoms with E-state index in [9.17, 15) is 0 Å². The zero-order valence-corrected chi connectivity index (χ0v) is 9.33. The molecule has 0 N–H and O–H groups in total. The minimum atomic E-state index is -0.262. The molecule has 1 aliphatic carbocycles. The second-order valence-corrected chi connectivity index (χ2v) is 3.58. The van der Waals surface area contributed by atoms with Crippen LogP contribution < -0.4 is 0 Å². The highest BCUT2D eigenvalue weighted by Crippen LogP contribution is 2.29. The molecular formula is C10H16O6. The Balaban J connectivity index is 1.97. The monoisotopic (exact) mass is 232 g/mol. The van der Waals surface area contributed by atoms with Gasteiger partial charge in [-0.3, -0.25) is 0 Å². The zero-order valence-electron chi connectivity index (χ0n) is 9.33. The number of ether oxygens (including phenoxy) is 4. The van der Waals surface area contributed by atoms with Crippen molar-refractivity contribution in [3.8, 4) is 0 Å². The lowest BCUT2D eigenvalue weighted by Crippen LogP contribution is -2.56. The summed E-state index contributed by atoms with van der Waals surface area (Å²) in [5.41, 5.74) is 0.